The number of nitrogens with one attached hydrogen (secondary N) is 2. The fraction of sp³-hybridized carbons (Fsp3) is 0.667. The van der Waals surface area contributed by atoms with Gasteiger partial charge in [0.05, 0.1) is 5.69 Å². The summed E-state index contributed by atoms with van der Waals surface area (Å²) in [7, 11) is 0. The van der Waals surface area contributed by atoms with E-state index in [2.05, 4.69) is 39.3 Å². The van der Waals surface area contributed by atoms with Crippen LogP contribution in [0.1, 0.15) is 64.0 Å². The number of rotatable bonds is 6. The van der Waals surface area contributed by atoms with E-state index in [1.54, 1.807) is 12.4 Å². The third kappa shape index (κ3) is 3.57. The van der Waals surface area contributed by atoms with Crippen molar-refractivity contribution in [3.8, 4) is 0 Å². The van der Waals surface area contributed by atoms with Gasteiger partial charge in [-0.25, -0.2) is 9.97 Å². The summed E-state index contributed by atoms with van der Waals surface area (Å²) in [5.74, 6) is 1.44. The summed E-state index contributed by atoms with van der Waals surface area (Å²) in [5.41, 5.74) is 2.73. The fourth-order valence-electron chi connectivity index (χ4n) is 3.76. The van der Waals surface area contributed by atoms with E-state index in [1.807, 2.05) is 0 Å². The van der Waals surface area contributed by atoms with E-state index in [-0.39, 0.29) is 11.8 Å². The van der Waals surface area contributed by atoms with Gasteiger partial charge in [0.2, 0.25) is 5.91 Å². The number of aromatic nitrogens is 4. The molecule has 24 heavy (non-hydrogen) atoms. The Morgan fingerprint density at radius 2 is 1.92 bits per heavy atom. The van der Waals surface area contributed by atoms with Crippen LogP contribution in [0.4, 0.5) is 0 Å². The second kappa shape index (κ2) is 7.73. The number of aromatic amines is 1. The lowest BCUT2D eigenvalue weighted by atomic mass is 9.80. The number of H-pyrrole nitrogens is 1. The molecular formula is C18H27N5O. The van der Waals surface area contributed by atoms with Crippen LogP contribution in [0.2, 0.25) is 0 Å². The zero-order chi connectivity index (χ0) is 16.9. The van der Waals surface area contributed by atoms with Gasteiger partial charge in [-0.2, -0.15) is 5.10 Å². The second-order valence-corrected chi connectivity index (χ2v) is 6.84. The van der Waals surface area contributed by atoms with Crippen molar-refractivity contribution in [2.45, 2.75) is 58.3 Å². The van der Waals surface area contributed by atoms with Crippen molar-refractivity contribution in [2.24, 2.45) is 11.8 Å². The lowest BCUT2D eigenvalue weighted by Crippen LogP contribution is -2.35. The van der Waals surface area contributed by atoms with Crippen LogP contribution >= 0.6 is 0 Å². The third-order valence-electron chi connectivity index (χ3n) is 5.39. The van der Waals surface area contributed by atoms with Gasteiger partial charge < -0.3 is 5.32 Å². The molecule has 0 atom stereocenters. The molecule has 2 aromatic heterocycles. The van der Waals surface area contributed by atoms with E-state index in [0.29, 0.717) is 17.5 Å². The molecule has 0 radical (unpaired) electrons. The van der Waals surface area contributed by atoms with E-state index >= 15 is 0 Å². The number of fused-ring (bicyclic) bond motifs is 1. The molecule has 0 aliphatic heterocycles. The Morgan fingerprint density at radius 3 is 2.62 bits per heavy atom. The average molecular weight is 329 g/mol. The molecule has 1 saturated carbocycles. The molecule has 0 bridgehead atoms. The molecule has 1 aliphatic carbocycles. The molecule has 2 heterocycles. The minimum Gasteiger partial charge on any atom is -0.356 e. The maximum absolute atomic E-state index is 12.1. The van der Waals surface area contributed by atoms with Crippen molar-refractivity contribution in [3.63, 3.8) is 0 Å². The van der Waals surface area contributed by atoms with Crippen LogP contribution < -0.4 is 5.32 Å². The lowest BCUT2D eigenvalue weighted by Gasteiger charge is -2.28. The largest absolute Gasteiger partial charge is 0.356 e. The average Bonchev–Trinajstić information content (AvgIpc) is 3.05. The van der Waals surface area contributed by atoms with Gasteiger partial charge in [0.15, 0.2) is 5.65 Å². The Bertz CT molecular complexity index is 671. The molecule has 130 valence electrons. The first-order chi connectivity index (χ1) is 11.7. The summed E-state index contributed by atoms with van der Waals surface area (Å²) in [6.45, 7) is 4.97. The minimum atomic E-state index is 0.163. The summed E-state index contributed by atoms with van der Waals surface area (Å²) in [5, 5.41) is 10.5. The normalized spacial score (nSPS) is 21.3. The first-order valence-electron chi connectivity index (χ1n) is 9.15. The Morgan fingerprint density at radius 1 is 1.21 bits per heavy atom. The van der Waals surface area contributed by atoms with Crippen LogP contribution in [0.25, 0.3) is 11.2 Å². The molecule has 0 spiro atoms. The van der Waals surface area contributed by atoms with Crippen LogP contribution in [0, 0.1) is 11.8 Å². The van der Waals surface area contributed by atoms with Crippen LogP contribution in [0.3, 0.4) is 0 Å². The predicted molar refractivity (Wildman–Crippen MR) is 93.5 cm³/mol. The SMILES string of the molecule is CCC(CC)C(=O)NCC1CCC(c2[nH]nc3nccnc23)CC1. The highest BCUT2D eigenvalue weighted by atomic mass is 16.1. The molecule has 0 aromatic carbocycles. The van der Waals surface area contributed by atoms with Gasteiger partial charge in [-0.1, -0.05) is 13.8 Å². The van der Waals surface area contributed by atoms with Gasteiger partial charge in [0.25, 0.3) is 0 Å². The van der Waals surface area contributed by atoms with Crippen LogP contribution in [-0.2, 0) is 4.79 Å². The Balaban J connectivity index is 1.52. The first kappa shape index (κ1) is 16.9. The van der Waals surface area contributed by atoms with Crippen molar-refractivity contribution >= 4 is 17.1 Å². The second-order valence-electron chi connectivity index (χ2n) is 6.84. The van der Waals surface area contributed by atoms with E-state index < -0.39 is 0 Å². The summed E-state index contributed by atoms with van der Waals surface area (Å²) < 4.78 is 0. The number of hydrogen-bond donors (Lipinski definition) is 2. The maximum Gasteiger partial charge on any atom is 0.223 e. The maximum atomic E-state index is 12.1. The number of amides is 1. The summed E-state index contributed by atoms with van der Waals surface area (Å²) >= 11 is 0. The van der Waals surface area contributed by atoms with Gasteiger partial charge in [0, 0.05) is 30.8 Å². The molecule has 3 rings (SSSR count). The molecule has 1 fully saturated rings. The van der Waals surface area contributed by atoms with Crippen molar-refractivity contribution < 1.29 is 4.79 Å². The molecule has 6 nitrogen and oxygen atoms in total. The molecule has 0 unspecified atom stereocenters. The molecule has 0 saturated heterocycles. The van der Waals surface area contributed by atoms with Gasteiger partial charge in [0.1, 0.15) is 5.52 Å². The van der Waals surface area contributed by atoms with Crippen LogP contribution in [0.15, 0.2) is 12.4 Å². The summed E-state index contributed by atoms with van der Waals surface area (Å²) in [6.07, 6.45) is 9.72. The van der Waals surface area contributed by atoms with E-state index in [4.69, 9.17) is 0 Å². The third-order valence-corrected chi connectivity index (χ3v) is 5.39. The molecule has 2 aromatic rings. The van der Waals surface area contributed by atoms with Gasteiger partial charge in [-0.3, -0.25) is 9.89 Å². The standard InChI is InChI=1S/C18H27N5O/c1-3-13(4-2)18(24)21-11-12-5-7-14(8-6-12)15-16-17(23-22-15)20-10-9-19-16/h9-10,12-14H,3-8,11H2,1-2H3,(H,21,24)(H,20,22,23). The highest BCUT2D eigenvalue weighted by Crippen LogP contribution is 2.36. The van der Waals surface area contributed by atoms with Crippen molar-refractivity contribution in [2.75, 3.05) is 6.54 Å². The van der Waals surface area contributed by atoms with E-state index in [1.165, 1.54) is 0 Å². The Labute approximate surface area is 142 Å². The molecule has 6 heteroatoms. The van der Waals surface area contributed by atoms with E-state index in [0.717, 1.165) is 56.3 Å². The topological polar surface area (TPSA) is 83.6 Å². The molecule has 1 amide bonds. The number of hydrogen-bond acceptors (Lipinski definition) is 4. The zero-order valence-corrected chi connectivity index (χ0v) is 14.6. The van der Waals surface area contributed by atoms with Crippen molar-refractivity contribution in [3.05, 3.63) is 18.1 Å². The Kier molecular flexibility index (Phi) is 5.43. The number of carbonyl (C=O) groups excluding carboxylic acids is 1. The van der Waals surface area contributed by atoms with Gasteiger partial charge >= 0.3 is 0 Å². The van der Waals surface area contributed by atoms with Gasteiger partial charge in [-0.05, 0) is 44.4 Å². The quantitative estimate of drug-likeness (QED) is 0.852. The zero-order valence-electron chi connectivity index (χ0n) is 14.6. The first-order valence-corrected chi connectivity index (χ1v) is 9.15. The van der Waals surface area contributed by atoms with Crippen molar-refractivity contribution in [1.29, 1.82) is 0 Å². The van der Waals surface area contributed by atoms with E-state index in [9.17, 15) is 4.79 Å². The summed E-state index contributed by atoms with van der Waals surface area (Å²) in [6, 6.07) is 0. The number of carbonyl (C=O) groups is 1. The molecular weight excluding hydrogens is 302 g/mol. The monoisotopic (exact) mass is 329 g/mol. The smallest absolute Gasteiger partial charge is 0.223 e. The Hall–Kier alpha value is -1.98. The van der Waals surface area contributed by atoms with Crippen molar-refractivity contribution in [1.82, 2.24) is 25.5 Å². The number of nitrogens with zero attached hydrogens (tertiary/aromatic N) is 3. The summed E-state index contributed by atoms with van der Waals surface area (Å²) in [4.78, 5) is 20.8. The lowest BCUT2D eigenvalue weighted by molar-refractivity contribution is -0.125. The van der Waals surface area contributed by atoms with Gasteiger partial charge in [-0.15, -0.1) is 0 Å². The van der Waals surface area contributed by atoms with Crippen LogP contribution in [0.5, 0.6) is 0 Å². The van der Waals surface area contributed by atoms with Crippen LogP contribution in [-0.4, -0.2) is 32.6 Å². The highest BCUT2D eigenvalue weighted by Gasteiger charge is 2.26. The molecule has 2 N–H and O–H groups in total. The fourth-order valence-corrected chi connectivity index (χ4v) is 3.76. The molecule has 1 aliphatic rings. The minimum absolute atomic E-state index is 0.163. The predicted octanol–water partition coefficient (Wildman–Crippen LogP) is 3.18. The highest BCUT2D eigenvalue weighted by molar-refractivity contribution is 5.78.